The van der Waals surface area contributed by atoms with Crippen molar-refractivity contribution in [2.75, 3.05) is 20.8 Å². The maximum absolute atomic E-state index is 5.32. The van der Waals surface area contributed by atoms with Crippen LogP contribution in [0, 0.1) is 6.92 Å². The number of hydrogen-bond donors (Lipinski definition) is 1. The lowest BCUT2D eigenvalue weighted by Crippen LogP contribution is -2.51. The van der Waals surface area contributed by atoms with E-state index in [9.17, 15) is 0 Å². The number of aromatic nitrogens is 1. The zero-order valence-electron chi connectivity index (χ0n) is 11.5. The monoisotopic (exact) mass is 279 g/mol. The molecular formula is C14H19N2O2S+. The highest BCUT2D eigenvalue weighted by Crippen LogP contribution is 2.34. The molecule has 0 aliphatic carbocycles. The van der Waals surface area contributed by atoms with E-state index in [-0.39, 0.29) is 0 Å². The van der Waals surface area contributed by atoms with Crippen molar-refractivity contribution >= 4 is 11.3 Å². The molecule has 102 valence electrons. The Morgan fingerprint density at radius 2 is 1.95 bits per heavy atom. The third-order valence-electron chi connectivity index (χ3n) is 2.93. The summed E-state index contributed by atoms with van der Waals surface area (Å²) in [5, 5.41) is 1.02. The van der Waals surface area contributed by atoms with Crippen LogP contribution in [-0.4, -0.2) is 25.7 Å². The highest BCUT2D eigenvalue weighted by molar-refractivity contribution is 7.15. The number of nitrogens with zero attached hydrogens (tertiary/aromatic N) is 1. The summed E-state index contributed by atoms with van der Waals surface area (Å²) in [4.78, 5) is 5.93. The number of rotatable bonds is 5. The first kappa shape index (κ1) is 13.8. The molecule has 3 N–H and O–H groups in total. The van der Waals surface area contributed by atoms with Crippen LogP contribution >= 0.6 is 11.3 Å². The molecule has 0 saturated heterocycles. The minimum Gasteiger partial charge on any atom is -0.493 e. The van der Waals surface area contributed by atoms with Crippen molar-refractivity contribution in [3.05, 3.63) is 28.8 Å². The Balaban J connectivity index is 2.38. The van der Waals surface area contributed by atoms with Crippen LogP contribution in [0.15, 0.2) is 18.2 Å². The molecule has 4 nitrogen and oxygen atoms in total. The fraction of sp³-hybridized carbons (Fsp3) is 0.357. The Bertz CT molecular complexity index is 567. The predicted molar refractivity (Wildman–Crippen MR) is 76.9 cm³/mol. The zero-order valence-corrected chi connectivity index (χ0v) is 12.3. The van der Waals surface area contributed by atoms with Crippen molar-refractivity contribution in [1.82, 2.24) is 4.98 Å². The molecule has 1 aromatic heterocycles. The lowest BCUT2D eigenvalue weighted by Gasteiger charge is -2.08. The molecule has 2 aromatic rings. The van der Waals surface area contributed by atoms with E-state index >= 15 is 0 Å². The Hall–Kier alpha value is -1.59. The lowest BCUT2D eigenvalue weighted by atomic mass is 10.2. The van der Waals surface area contributed by atoms with Crippen molar-refractivity contribution in [3.63, 3.8) is 0 Å². The van der Waals surface area contributed by atoms with Gasteiger partial charge in [0.05, 0.1) is 26.5 Å². The second-order valence-corrected chi connectivity index (χ2v) is 5.28. The zero-order chi connectivity index (χ0) is 13.8. The molecule has 0 aliphatic rings. The molecule has 0 spiro atoms. The third kappa shape index (κ3) is 2.88. The molecule has 0 bridgehead atoms. The molecule has 0 fully saturated rings. The SMILES string of the molecule is COc1ccc(-c2nc(C)c(CC[NH3+])s2)cc1OC. The first-order chi connectivity index (χ1) is 9.19. The fourth-order valence-corrected chi connectivity index (χ4v) is 3.01. The number of aryl methyl sites for hydroxylation is 1. The second-order valence-electron chi connectivity index (χ2n) is 4.20. The topological polar surface area (TPSA) is 59.0 Å². The first-order valence-corrected chi connectivity index (χ1v) is 6.99. The molecule has 0 unspecified atom stereocenters. The molecule has 5 heteroatoms. The van der Waals surface area contributed by atoms with Gasteiger partial charge in [0.15, 0.2) is 11.5 Å². The van der Waals surface area contributed by atoms with Crippen molar-refractivity contribution in [3.8, 4) is 22.1 Å². The van der Waals surface area contributed by atoms with Gasteiger partial charge in [-0.1, -0.05) is 0 Å². The number of benzene rings is 1. The number of hydrogen-bond acceptors (Lipinski definition) is 4. The predicted octanol–water partition coefficient (Wildman–Crippen LogP) is 1.92. The number of quaternary nitrogens is 1. The summed E-state index contributed by atoms with van der Waals surface area (Å²) in [7, 11) is 3.28. The average molecular weight is 279 g/mol. The van der Waals surface area contributed by atoms with Gasteiger partial charge >= 0.3 is 0 Å². The Kier molecular flexibility index (Phi) is 4.39. The summed E-state index contributed by atoms with van der Waals surface area (Å²) in [6.45, 7) is 2.94. The van der Waals surface area contributed by atoms with Gasteiger partial charge < -0.3 is 15.2 Å². The van der Waals surface area contributed by atoms with Gasteiger partial charge in [-0.3, -0.25) is 0 Å². The van der Waals surface area contributed by atoms with E-state index in [1.165, 1.54) is 4.88 Å². The fourth-order valence-electron chi connectivity index (χ4n) is 1.91. The average Bonchev–Trinajstić information content (AvgIpc) is 2.80. The van der Waals surface area contributed by atoms with Crippen LogP contribution in [0.4, 0.5) is 0 Å². The first-order valence-electron chi connectivity index (χ1n) is 6.17. The van der Waals surface area contributed by atoms with Crippen LogP contribution < -0.4 is 15.2 Å². The Morgan fingerprint density at radius 3 is 2.58 bits per heavy atom. The smallest absolute Gasteiger partial charge is 0.161 e. The van der Waals surface area contributed by atoms with Gasteiger partial charge in [0.1, 0.15) is 5.01 Å². The molecule has 0 amide bonds. The maximum atomic E-state index is 5.32. The third-order valence-corrected chi connectivity index (χ3v) is 4.19. The van der Waals surface area contributed by atoms with Gasteiger partial charge in [-0.05, 0) is 25.1 Å². The van der Waals surface area contributed by atoms with Crippen molar-refractivity contribution in [1.29, 1.82) is 0 Å². The van der Waals surface area contributed by atoms with Crippen molar-refractivity contribution in [2.45, 2.75) is 13.3 Å². The summed E-state index contributed by atoms with van der Waals surface area (Å²) in [6, 6.07) is 5.88. The van der Waals surface area contributed by atoms with Crippen LogP contribution in [0.1, 0.15) is 10.6 Å². The molecule has 2 rings (SSSR count). The minimum atomic E-state index is 0.728. The molecule has 19 heavy (non-hydrogen) atoms. The molecule has 0 aliphatic heterocycles. The Labute approximate surface area is 117 Å². The van der Waals surface area contributed by atoms with E-state index in [0.717, 1.165) is 40.7 Å². The van der Waals surface area contributed by atoms with Gasteiger partial charge in [-0.25, -0.2) is 4.98 Å². The summed E-state index contributed by atoms with van der Waals surface area (Å²) in [5.74, 6) is 1.46. The quantitative estimate of drug-likeness (QED) is 0.909. The summed E-state index contributed by atoms with van der Waals surface area (Å²) in [5.41, 5.74) is 6.05. The number of ether oxygens (including phenoxy) is 2. The lowest BCUT2D eigenvalue weighted by molar-refractivity contribution is -0.366. The van der Waals surface area contributed by atoms with Crippen LogP contribution in [0.25, 0.3) is 10.6 Å². The highest BCUT2D eigenvalue weighted by atomic mass is 32.1. The van der Waals surface area contributed by atoms with Crippen molar-refractivity contribution < 1.29 is 15.2 Å². The van der Waals surface area contributed by atoms with Gasteiger partial charge in [0.25, 0.3) is 0 Å². The van der Waals surface area contributed by atoms with E-state index in [1.807, 2.05) is 25.1 Å². The number of thiazole rings is 1. The largest absolute Gasteiger partial charge is 0.493 e. The molecule has 0 radical (unpaired) electrons. The van der Waals surface area contributed by atoms with Gasteiger partial charge in [-0.15, -0.1) is 11.3 Å². The van der Waals surface area contributed by atoms with Crippen LogP contribution in [0.2, 0.25) is 0 Å². The maximum Gasteiger partial charge on any atom is 0.161 e. The van der Waals surface area contributed by atoms with Gasteiger partial charge in [-0.2, -0.15) is 0 Å². The van der Waals surface area contributed by atoms with Gasteiger partial charge in [0.2, 0.25) is 0 Å². The van der Waals surface area contributed by atoms with E-state index in [0.29, 0.717) is 0 Å². The van der Waals surface area contributed by atoms with Crippen LogP contribution in [0.5, 0.6) is 11.5 Å². The molecule has 1 heterocycles. The van der Waals surface area contributed by atoms with Crippen LogP contribution in [-0.2, 0) is 6.42 Å². The summed E-state index contributed by atoms with van der Waals surface area (Å²) >= 11 is 1.72. The normalized spacial score (nSPS) is 10.5. The van der Waals surface area contributed by atoms with E-state index in [4.69, 9.17) is 9.47 Å². The van der Waals surface area contributed by atoms with E-state index < -0.39 is 0 Å². The van der Waals surface area contributed by atoms with Crippen molar-refractivity contribution in [2.24, 2.45) is 0 Å². The van der Waals surface area contributed by atoms with Gasteiger partial charge in [0, 0.05) is 16.9 Å². The van der Waals surface area contributed by atoms with Crippen LogP contribution in [0.3, 0.4) is 0 Å². The number of methoxy groups -OCH3 is 2. The highest BCUT2D eigenvalue weighted by Gasteiger charge is 2.12. The molecule has 0 atom stereocenters. The standard InChI is InChI=1S/C14H18N2O2S/c1-9-13(6-7-15)19-14(16-9)10-4-5-11(17-2)12(8-10)18-3/h4-5,8H,6-7,15H2,1-3H3/p+1. The minimum absolute atomic E-state index is 0.728. The molecule has 0 saturated carbocycles. The van der Waals surface area contributed by atoms with E-state index in [2.05, 4.69) is 10.7 Å². The Morgan fingerprint density at radius 1 is 1.21 bits per heavy atom. The van der Waals surface area contributed by atoms with E-state index in [1.54, 1.807) is 25.6 Å². The summed E-state index contributed by atoms with van der Waals surface area (Å²) < 4.78 is 10.6. The molecule has 1 aromatic carbocycles. The second kappa shape index (κ2) is 6.04. The molecular weight excluding hydrogens is 260 g/mol. The summed E-state index contributed by atoms with van der Waals surface area (Å²) in [6.07, 6.45) is 0.983.